The molecule has 1 aliphatic rings. The molecule has 0 heterocycles. The van der Waals surface area contributed by atoms with Crippen LogP contribution in [-0.2, 0) is 32.7 Å². The molecule has 0 aromatic heterocycles. The molecule has 1 rings (SSSR count). The number of aliphatic hydroxyl groups is 5. The van der Waals surface area contributed by atoms with Gasteiger partial charge in [0, 0.05) is 12.8 Å². The van der Waals surface area contributed by atoms with Crippen LogP contribution in [0.25, 0.3) is 0 Å². The maximum absolute atomic E-state index is 12.3. The number of phosphoric ester groups is 1. The molecule has 36 heavy (non-hydrogen) atoms. The van der Waals surface area contributed by atoms with Crippen molar-refractivity contribution in [3.63, 3.8) is 0 Å². The third kappa shape index (κ3) is 12.6. The van der Waals surface area contributed by atoms with Crippen molar-refractivity contribution in [1.82, 2.24) is 0 Å². The van der Waals surface area contributed by atoms with Crippen LogP contribution in [-0.4, -0.2) is 93.4 Å². The Morgan fingerprint density at radius 2 is 1.28 bits per heavy atom. The van der Waals surface area contributed by atoms with Gasteiger partial charge < -0.3 is 48.9 Å². The quantitative estimate of drug-likeness (QED) is 0.0540. The molecule has 13 nitrogen and oxygen atoms in total. The van der Waals surface area contributed by atoms with E-state index < -0.39 is 75.7 Å². The van der Waals surface area contributed by atoms with Gasteiger partial charge >= 0.3 is 41.5 Å². The van der Waals surface area contributed by atoms with Crippen LogP contribution < -0.4 is 34.5 Å². The van der Waals surface area contributed by atoms with Crippen molar-refractivity contribution in [2.45, 2.75) is 108 Å². The van der Waals surface area contributed by atoms with Gasteiger partial charge in [0.2, 0.25) is 0 Å². The molecule has 3 unspecified atom stereocenters. The van der Waals surface area contributed by atoms with E-state index in [-0.39, 0.29) is 42.4 Å². The minimum Gasteiger partial charge on any atom is -0.756 e. The normalized spacial score (nSPS) is 28.4. The average Bonchev–Trinajstić information content (AvgIpc) is 2.81. The number of hydrogen-bond acceptors (Lipinski definition) is 13. The second-order valence-corrected chi connectivity index (χ2v) is 9.84. The van der Waals surface area contributed by atoms with Gasteiger partial charge in [0.15, 0.2) is 6.10 Å². The zero-order valence-corrected chi connectivity index (χ0v) is 24.0. The first-order chi connectivity index (χ1) is 16.4. The molecule has 0 bridgehead atoms. The average molecular weight is 552 g/mol. The SMILES string of the molecule is CCCCCC(=O)OC[C@H](COP(=O)([O-])OC1[C@H](O)[C@H](O)C(O)[C@H](O)[C@H]1O)OC(=O)CCCCC.[Na+]. The number of rotatable bonds is 16. The number of aliphatic hydroxyl groups excluding tert-OH is 5. The molecular weight excluding hydrogens is 514 g/mol. The van der Waals surface area contributed by atoms with Gasteiger partial charge in [0.1, 0.15) is 43.2 Å². The zero-order chi connectivity index (χ0) is 26.6. The second-order valence-electron chi connectivity index (χ2n) is 8.48. The van der Waals surface area contributed by atoms with Gasteiger partial charge in [0.25, 0.3) is 7.82 Å². The van der Waals surface area contributed by atoms with Gasteiger partial charge in [-0.05, 0) is 12.8 Å². The Balaban J connectivity index is 0.0000122. The molecule has 1 fully saturated rings. The summed E-state index contributed by atoms with van der Waals surface area (Å²) in [6, 6.07) is 0. The fourth-order valence-electron chi connectivity index (χ4n) is 3.33. The van der Waals surface area contributed by atoms with Crippen LogP contribution in [0.4, 0.5) is 0 Å². The van der Waals surface area contributed by atoms with Crippen molar-refractivity contribution < 1.29 is 92.7 Å². The number of esters is 2. The van der Waals surface area contributed by atoms with E-state index in [9.17, 15) is 44.6 Å². The largest absolute Gasteiger partial charge is 1.00 e. The standard InChI is InChI=1S/C21H39O13P.Na/c1-3-5-7-9-14(22)31-11-13(33-15(23)10-8-6-4-2)12-32-35(29,30)34-21-19(27)17(25)16(24)18(26)20(21)28;/h13,16-21,24-28H,3-12H2,1-2H3,(H,29,30);/q;+1/p-1/t13-,16?,17-,18+,19-,20-,21?;/m1./s1. The second kappa shape index (κ2) is 18.2. The third-order valence-electron chi connectivity index (χ3n) is 5.44. The summed E-state index contributed by atoms with van der Waals surface area (Å²) in [4.78, 5) is 36.2. The monoisotopic (exact) mass is 552 g/mol. The molecule has 0 radical (unpaired) electrons. The Morgan fingerprint density at radius 1 is 0.806 bits per heavy atom. The maximum atomic E-state index is 12.3. The number of carbonyl (C=O) groups is 2. The molecule has 0 aliphatic heterocycles. The molecule has 15 heteroatoms. The zero-order valence-electron chi connectivity index (χ0n) is 21.1. The third-order valence-corrected chi connectivity index (χ3v) is 6.41. The molecule has 8 atom stereocenters. The van der Waals surface area contributed by atoms with Crippen molar-refractivity contribution in [3.05, 3.63) is 0 Å². The summed E-state index contributed by atoms with van der Waals surface area (Å²) in [5.41, 5.74) is 0. The summed E-state index contributed by atoms with van der Waals surface area (Å²) in [6.45, 7) is 2.65. The van der Waals surface area contributed by atoms with Crippen LogP contribution in [0.5, 0.6) is 0 Å². The first-order valence-electron chi connectivity index (χ1n) is 11.8. The van der Waals surface area contributed by atoms with E-state index in [0.717, 1.165) is 25.7 Å². The number of hydrogen-bond donors (Lipinski definition) is 5. The summed E-state index contributed by atoms with van der Waals surface area (Å²) in [5.74, 6) is -1.20. The molecule has 5 N–H and O–H groups in total. The van der Waals surface area contributed by atoms with Crippen LogP contribution in [0.15, 0.2) is 0 Å². The molecule has 0 aromatic carbocycles. The molecule has 0 saturated heterocycles. The first-order valence-corrected chi connectivity index (χ1v) is 13.3. The van der Waals surface area contributed by atoms with Crippen LogP contribution in [0.2, 0.25) is 0 Å². The van der Waals surface area contributed by atoms with E-state index in [1.54, 1.807) is 0 Å². The molecule has 1 saturated carbocycles. The summed E-state index contributed by atoms with van der Waals surface area (Å²) >= 11 is 0. The maximum Gasteiger partial charge on any atom is 1.00 e. The summed E-state index contributed by atoms with van der Waals surface area (Å²) in [6.07, 6.45) is -8.65. The van der Waals surface area contributed by atoms with Crippen molar-refractivity contribution in [2.75, 3.05) is 13.2 Å². The number of unbranched alkanes of at least 4 members (excludes halogenated alkanes) is 4. The fraction of sp³-hybridized carbons (Fsp3) is 0.905. The number of ether oxygens (including phenoxy) is 2. The predicted molar refractivity (Wildman–Crippen MR) is 118 cm³/mol. The van der Waals surface area contributed by atoms with Gasteiger partial charge in [-0.2, -0.15) is 0 Å². The van der Waals surface area contributed by atoms with Gasteiger partial charge in [-0.15, -0.1) is 0 Å². The summed E-state index contributed by atoms with van der Waals surface area (Å²) in [7, 11) is -5.31. The van der Waals surface area contributed by atoms with Crippen LogP contribution in [0.1, 0.15) is 65.2 Å². The summed E-state index contributed by atoms with van der Waals surface area (Å²) in [5, 5.41) is 48.9. The Kier molecular flexibility index (Phi) is 18.1. The van der Waals surface area contributed by atoms with Crippen LogP contribution >= 0.6 is 7.82 Å². The molecule has 0 amide bonds. The van der Waals surface area contributed by atoms with Crippen molar-refractivity contribution in [2.24, 2.45) is 0 Å². The molecule has 206 valence electrons. The molecular formula is C21H38NaO13P. The molecule has 0 spiro atoms. The number of carbonyl (C=O) groups excluding carboxylic acids is 2. The van der Waals surface area contributed by atoms with Crippen LogP contribution in [0.3, 0.4) is 0 Å². The van der Waals surface area contributed by atoms with E-state index in [2.05, 4.69) is 4.52 Å². The summed E-state index contributed by atoms with van der Waals surface area (Å²) < 4.78 is 31.9. The van der Waals surface area contributed by atoms with E-state index in [1.807, 2.05) is 13.8 Å². The fourth-order valence-corrected chi connectivity index (χ4v) is 4.29. The Morgan fingerprint density at radius 3 is 1.78 bits per heavy atom. The molecule has 0 aromatic rings. The molecule has 1 aliphatic carbocycles. The Labute approximate surface area is 233 Å². The Bertz CT molecular complexity index is 681. The topological polar surface area (TPSA) is 212 Å². The van der Waals surface area contributed by atoms with E-state index in [0.29, 0.717) is 12.8 Å². The van der Waals surface area contributed by atoms with Gasteiger partial charge in [-0.3, -0.25) is 14.2 Å². The van der Waals surface area contributed by atoms with E-state index in [4.69, 9.17) is 14.0 Å². The smallest absolute Gasteiger partial charge is 0.756 e. The first kappa shape index (κ1) is 35.9. The number of phosphoric acid groups is 1. The van der Waals surface area contributed by atoms with Gasteiger partial charge in [0.05, 0.1) is 6.61 Å². The minimum atomic E-state index is -5.31. The van der Waals surface area contributed by atoms with Crippen molar-refractivity contribution in [1.29, 1.82) is 0 Å². The van der Waals surface area contributed by atoms with E-state index in [1.165, 1.54) is 0 Å². The van der Waals surface area contributed by atoms with Gasteiger partial charge in [-0.25, -0.2) is 0 Å². The van der Waals surface area contributed by atoms with E-state index >= 15 is 0 Å². The van der Waals surface area contributed by atoms with Crippen LogP contribution in [0, 0.1) is 0 Å². The Hall–Kier alpha value is -0.150. The minimum absolute atomic E-state index is 0. The predicted octanol–water partition coefficient (Wildman–Crippen LogP) is -3.71. The van der Waals surface area contributed by atoms with Crippen molar-refractivity contribution in [3.8, 4) is 0 Å². The van der Waals surface area contributed by atoms with Crippen molar-refractivity contribution >= 4 is 19.8 Å². The van der Waals surface area contributed by atoms with Gasteiger partial charge in [-0.1, -0.05) is 39.5 Å².